The second-order valence-corrected chi connectivity index (χ2v) is 3.69. The molecular weight excluding hydrogens is 208 g/mol. The highest BCUT2D eigenvalue weighted by Gasteiger charge is 2.16. The summed E-state index contributed by atoms with van der Waals surface area (Å²) in [5.41, 5.74) is 7.98. The number of carbonyl (C=O) groups is 1. The number of nitrogens with zero attached hydrogens (tertiary/aromatic N) is 1. The molecule has 1 atom stereocenters. The number of nitrogens with one attached hydrogen (secondary N) is 2. The standard InChI is InChI=1S/C10H18N4O2/c1-6-9(7(2)14-13-6)12-10(15)8(11)4-5-16-3/h8H,4-5,11H2,1-3H3,(H,12,15)(H,13,14). The smallest absolute Gasteiger partial charge is 0.241 e. The topological polar surface area (TPSA) is 93.0 Å². The molecule has 1 heterocycles. The van der Waals surface area contributed by atoms with Crippen molar-refractivity contribution in [2.24, 2.45) is 5.73 Å². The van der Waals surface area contributed by atoms with Crippen LogP contribution < -0.4 is 11.1 Å². The molecule has 4 N–H and O–H groups in total. The maximum absolute atomic E-state index is 11.7. The minimum absolute atomic E-state index is 0.218. The monoisotopic (exact) mass is 226 g/mol. The molecule has 0 radical (unpaired) electrons. The number of anilines is 1. The third kappa shape index (κ3) is 3.04. The van der Waals surface area contributed by atoms with Gasteiger partial charge in [-0.05, 0) is 20.3 Å². The highest BCUT2D eigenvalue weighted by molar-refractivity contribution is 5.95. The van der Waals surface area contributed by atoms with Crippen molar-refractivity contribution in [1.29, 1.82) is 0 Å². The molecule has 1 amide bonds. The molecule has 16 heavy (non-hydrogen) atoms. The van der Waals surface area contributed by atoms with Gasteiger partial charge >= 0.3 is 0 Å². The van der Waals surface area contributed by atoms with Crippen LogP contribution in [0.3, 0.4) is 0 Å². The Hall–Kier alpha value is -1.40. The molecule has 0 aliphatic carbocycles. The number of methoxy groups -OCH3 is 1. The molecule has 0 aliphatic heterocycles. The van der Waals surface area contributed by atoms with Gasteiger partial charge in [-0.15, -0.1) is 0 Å². The second-order valence-electron chi connectivity index (χ2n) is 3.69. The van der Waals surface area contributed by atoms with Crippen LogP contribution in [0.1, 0.15) is 17.8 Å². The summed E-state index contributed by atoms with van der Waals surface area (Å²) in [7, 11) is 1.58. The Labute approximate surface area is 94.5 Å². The van der Waals surface area contributed by atoms with E-state index in [0.29, 0.717) is 18.7 Å². The van der Waals surface area contributed by atoms with Crippen LogP contribution in [0.25, 0.3) is 0 Å². The van der Waals surface area contributed by atoms with Gasteiger partial charge in [0, 0.05) is 13.7 Å². The van der Waals surface area contributed by atoms with E-state index in [2.05, 4.69) is 15.5 Å². The fourth-order valence-electron chi connectivity index (χ4n) is 1.33. The van der Waals surface area contributed by atoms with Crippen LogP contribution in [0.5, 0.6) is 0 Å². The predicted octanol–water partition coefficient (Wildman–Crippen LogP) is 0.329. The molecule has 0 saturated heterocycles. The number of aryl methyl sites for hydroxylation is 2. The molecule has 0 bridgehead atoms. The Bertz CT molecular complexity index is 342. The number of hydrogen-bond donors (Lipinski definition) is 3. The van der Waals surface area contributed by atoms with Gasteiger partial charge in [0.1, 0.15) is 0 Å². The van der Waals surface area contributed by atoms with Gasteiger partial charge in [-0.1, -0.05) is 0 Å². The lowest BCUT2D eigenvalue weighted by Gasteiger charge is -2.11. The van der Waals surface area contributed by atoms with Gasteiger partial charge in [0.2, 0.25) is 5.91 Å². The molecule has 0 saturated carbocycles. The molecule has 0 spiro atoms. The number of nitrogens with two attached hydrogens (primary N) is 1. The van der Waals surface area contributed by atoms with Gasteiger partial charge in [0.25, 0.3) is 0 Å². The van der Waals surface area contributed by atoms with E-state index in [0.717, 1.165) is 11.4 Å². The molecule has 1 aromatic rings. The molecular formula is C10H18N4O2. The number of aromatic amines is 1. The largest absolute Gasteiger partial charge is 0.385 e. The van der Waals surface area contributed by atoms with E-state index < -0.39 is 6.04 Å². The van der Waals surface area contributed by atoms with Crippen LogP contribution in [-0.4, -0.2) is 35.9 Å². The average Bonchev–Trinajstić information content (AvgIpc) is 2.57. The second kappa shape index (κ2) is 5.62. The average molecular weight is 226 g/mol. The first-order valence-corrected chi connectivity index (χ1v) is 5.13. The van der Waals surface area contributed by atoms with E-state index in [9.17, 15) is 4.79 Å². The van der Waals surface area contributed by atoms with Crippen molar-refractivity contribution < 1.29 is 9.53 Å². The lowest BCUT2D eigenvalue weighted by Crippen LogP contribution is -2.36. The fraction of sp³-hybridized carbons (Fsp3) is 0.600. The highest BCUT2D eigenvalue weighted by Crippen LogP contribution is 2.16. The maximum atomic E-state index is 11.7. The quantitative estimate of drug-likeness (QED) is 0.674. The lowest BCUT2D eigenvalue weighted by molar-refractivity contribution is -0.117. The van der Waals surface area contributed by atoms with Crippen molar-refractivity contribution in [2.75, 3.05) is 19.0 Å². The first-order chi connectivity index (χ1) is 7.56. The minimum atomic E-state index is -0.561. The molecule has 1 unspecified atom stereocenters. The molecule has 6 heteroatoms. The molecule has 0 aliphatic rings. The van der Waals surface area contributed by atoms with E-state index in [1.54, 1.807) is 7.11 Å². The van der Waals surface area contributed by atoms with E-state index in [1.165, 1.54) is 0 Å². The molecule has 6 nitrogen and oxygen atoms in total. The van der Waals surface area contributed by atoms with Gasteiger partial charge in [0.15, 0.2) is 0 Å². The van der Waals surface area contributed by atoms with E-state index in [4.69, 9.17) is 10.5 Å². The summed E-state index contributed by atoms with van der Waals surface area (Å²) in [4.78, 5) is 11.7. The normalized spacial score (nSPS) is 12.5. The van der Waals surface area contributed by atoms with E-state index in [1.807, 2.05) is 13.8 Å². The number of H-pyrrole nitrogens is 1. The summed E-state index contributed by atoms with van der Waals surface area (Å²) in [5, 5.41) is 9.53. The SMILES string of the molecule is COCCC(N)C(=O)Nc1c(C)n[nH]c1C. The van der Waals surface area contributed by atoms with Gasteiger partial charge in [-0.25, -0.2) is 0 Å². The summed E-state index contributed by atoms with van der Waals surface area (Å²) in [6.07, 6.45) is 0.498. The summed E-state index contributed by atoms with van der Waals surface area (Å²) in [6.45, 7) is 4.13. The Morgan fingerprint density at radius 2 is 2.31 bits per heavy atom. The lowest BCUT2D eigenvalue weighted by atomic mass is 10.2. The van der Waals surface area contributed by atoms with E-state index in [-0.39, 0.29) is 5.91 Å². The number of carbonyl (C=O) groups excluding carboxylic acids is 1. The van der Waals surface area contributed by atoms with Crippen LogP contribution >= 0.6 is 0 Å². The minimum Gasteiger partial charge on any atom is -0.385 e. The molecule has 90 valence electrons. The van der Waals surface area contributed by atoms with Crippen molar-refractivity contribution in [1.82, 2.24) is 10.2 Å². The van der Waals surface area contributed by atoms with Gasteiger partial charge in [-0.2, -0.15) is 5.10 Å². The van der Waals surface area contributed by atoms with Crippen LogP contribution in [0.4, 0.5) is 5.69 Å². The number of rotatable bonds is 5. The molecule has 1 aromatic heterocycles. The zero-order valence-electron chi connectivity index (χ0n) is 9.83. The van der Waals surface area contributed by atoms with Crippen LogP contribution in [0.2, 0.25) is 0 Å². The van der Waals surface area contributed by atoms with Crippen molar-refractivity contribution in [3.63, 3.8) is 0 Å². The molecule has 1 rings (SSSR count). The maximum Gasteiger partial charge on any atom is 0.241 e. The first-order valence-electron chi connectivity index (χ1n) is 5.13. The number of aromatic nitrogens is 2. The van der Waals surface area contributed by atoms with Gasteiger partial charge in [0.05, 0.1) is 23.1 Å². The highest BCUT2D eigenvalue weighted by atomic mass is 16.5. The Morgan fingerprint density at radius 1 is 1.62 bits per heavy atom. The Balaban J connectivity index is 2.57. The zero-order valence-corrected chi connectivity index (χ0v) is 9.83. The summed E-state index contributed by atoms with van der Waals surface area (Å²) in [6, 6.07) is -0.561. The van der Waals surface area contributed by atoms with Crippen LogP contribution in [-0.2, 0) is 9.53 Å². The number of ether oxygens (including phenoxy) is 1. The first kappa shape index (κ1) is 12.7. The Kier molecular flexibility index (Phi) is 4.45. The van der Waals surface area contributed by atoms with Gasteiger partial charge < -0.3 is 15.8 Å². The van der Waals surface area contributed by atoms with Crippen LogP contribution in [0, 0.1) is 13.8 Å². The fourth-order valence-corrected chi connectivity index (χ4v) is 1.33. The zero-order chi connectivity index (χ0) is 12.1. The van der Waals surface area contributed by atoms with Crippen molar-refractivity contribution >= 4 is 11.6 Å². The Morgan fingerprint density at radius 3 is 2.81 bits per heavy atom. The number of hydrogen-bond acceptors (Lipinski definition) is 4. The molecule has 0 aromatic carbocycles. The van der Waals surface area contributed by atoms with Crippen molar-refractivity contribution in [3.05, 3.63) is 11.4 Å². The predicted molar refractivity (Wildman–Crippen MR) is 61.2 cm³/mol. The molecule has 0 fully saturated rings. The third-order valence-electron chi connectivity index (χ3n) is 2.35. The third-order valence-corrected chi connectivity index (χ3v) is 2.35. The summed E-state index contributed by atoms with van der Waals surface area (Å²) >= 11 is 0. The summed E-state index contributed by atoms with van der Waals surface area (Å²) < 4.78 is 4.87. The van der Waals surface area contributed by atoms with Gasteiger partial charge in [-0.3, -0.25) is 9.89 Å². The summed E-state index contributed by atoms with van der Waals surface area (Å²) in [5.74, 6) is -0.218. The van der Waals surface area contributed by atoms with Crippen LogP contribution in [0.15, 0.2) is 0 Å². The van der Waals surface area contributed by atoms with Crippen molar-refractivity contribution in [3.8, 4) is 0 Å². The number of amides is 1. The van der Waals surface area contributed by atoms with Crippen molar-refractivity contribution in [2.45, 2.75) is 26.3 Å². The van der Waals surface area contributed by atoms with E-state index >= 15 is 0 Å².